The van der Waals surface area contributed by atoms with Crippen LogP contribution in [0.15, 0.2) is 36.7 Å². The number of likely N-dealkylation sites (tertiary alicyclic amines) is 1. The van der Waals surface area contributed by atoms with Crippen molar-refractivity contribution in [1.29, 1.82) is 0 Å². The molecule has 0 amide bonds. The Morgan fingerprint density at radius 3 is 3.09 bits per heavy atom. The van der Waals surface area contributed by atoms with E-state index >= 15 is 0 Å². The lowest BCUT2D eigenvalue weighted by atomic mass is 9.96. The summed E-state index contributed by atoms with van der Waals surface area (Å²) in [5.41, 5.74) is 1.32. The normalized spacial score (nSPS) is 19.3. The summed E-state index contributed by atoms with van der Waals surface area (Å²) >= 11 is 0. The molecule has 4 heteroatoms. The van der Waals surface area contributed by atoms with Crippen molar-refractivity contribution in [1.82, 2.24) is 14.5 Å². The number of aryl methyl sites for hydroxylation is 1. The third kappa shape index (κ3) is 3.33. The van der Waals surface area contributed by atoms with Crippen LogP contribution in [0, 0.1) is 0 Å². The van der Waals surface area contributed by atoms with E-state index in [2.05, 4.69) is 45.8 Å². The van der Waals surface area contributed by atoms with Gasteiger partial charge in [0.2, 0.25) is 0 Å². The fourth-order valence-corrected chi connectivity index (χ4v) is 3.39. The zero-order valence-electron chi connectivity index (χ0n) is 13.5. The molecule has 1 unspecified atom stereocenters. The molecular formula is C18H25N3O. The van der Waals surface area contributed by atoms with Gasteiger partial charge >= 0.3 is 0 Å². The van der Waals surface area contributed by atoms with E-state index in [0.29, 0.717) is 5.92 Å². The Labute approximate surface area is 132 Å². The molecule has 2 aromatic rings. The molecule has 1 aliphatic rings. The first kappa shape index (κ1) is 15.1. The number of aromatic nitrogens is 2. The van der Waals surface area contributed by atoms with Crippen LogP contribution in [-0.4, -0.2) is 34.7 Å². The summed E-state index contributed by atoms with van der Waals surface area (Å²) in [6.07, 6.45) is 6.51. The number of hydrogen-bond donors (Lipinski definition) is 0. The minimum absolute atomic E-state index is 0.550. The van der Waals surface area contributed by atoms with Crippen LogP contribution in [-0.2, 0) is 13.1 Å². The Morgan fingerprint density at radius 2 is 2.27 bits per heavy atom. The van der Waals surface area contributed by atoms with Gasteiger partial charge in [0, 0.05) is 37.9 Å². The SMILES string of the molecule is CCn1ccnc1C1CCCN(Cc2cccc(OC)c2)C1. The van der Waals surface area contributed by atoms with E-state index < -0.39 is 0 Å². The van der Waals surface area contributed by atoms with E-state index in [1.165, 1.54) is 30.8 Å². The summed E-state index contributed by atoms with van der Waals surface area (Å²) < 4.78 is 7.60. The Hall–Kier alpha value is -1.81. The average molecular weight is 299 g/mol. The number of piperidine rings is 1. The summed E-state index contributed by atoms with van der Waals surface area (Å²) in [5, 5.41) is 0. The molecule has 0 radical (unpaired) electrons. The van der Waals surface area contributed by atoms with Gasteiger partial charge in [-0.15, -0.1) is 0 Å². The van der Waals surface area contributed by atoms with Gasteiger partial charge in [0.05, 0.1) is 7.11 Å². The number of nitrogens with zero attached hydrogens (tertiary/aromatic N) is 3. The molecule has 22 heavy (non-hydrogen) atoms. The molecule has 0 N–H and O–H groups in total. The molecule has 1 fully saturated rings. The van der Waals surface area contributed by atoms with Gasteiger partial charge in [-0.25, -0.2) is 4.98 Å². The molecule has 1 aromatic carbocycles. The second-order valence-corrected chi connectivity index (χ2v) is 6.00. The summed E-state index contributed by atoms with van der Waals surface area (Å²) in [6.45, 7) is 6.43. The summed E-state index contributed by atoms with van der Waals surface area (Å²) in [4.78, 5) is 7.14. The predicted molar refractivity (Wildman–Crippen MR) is 88.1 cm³/mol. The van der Waals surface area contributed by atoms with E-state index in [-0.39, 0.29) is 0 Å². The predicted octanol–water partition coefficient (Wildman–Crippen LogP) is 3.29. The number of benzene rings is 1. The first-order chi connectivity index (χ1) is 10.8. The smallest absolute Gasteiger partial charge is 0.119 e. The van der Waals surface area contributed by atoms with Gasteiger partial charge < -0.3 is 9.30 Å². The van der Waals surface area contributed by atoms with Crippen molar-refractivity contribution in [3.63, 3.8) is 0 Å². The van der Waals surface area contributed by atoms with Crippen LogP contribution >= 0.6 is 0 Å². The van der Waals surface area contributed by atoms with Crippen molar-refractivity contribution in [2.75, 3.05) is 20.2 Å². The van der Waals surface area contributed by atoms with E-state index in [0.717, 1.165) is 25.4 Å². The second-order valence-electron chi connectivity index (χ2n) is 6.00. The fourth-order valence-electron chi connectivity index (χ4n) is 3.39. The highest BCUT2D eigenvalue weighted by Gasteiger charge is 2.24. The molecule has 1 atom stereocenters. The number of imidazole rings is 1. The van der Waals surface area contributed by atoms with Crippen LogP contribution in [0.2, 0.25) is 0 Å². The zero-order chi connectivity index (χ0) is 15.4. The number of hydrogen-bond acceptors (Lipinski definition) is 3. The average Bonchev–Trinajstić information content (AvgIpc) is 3.04. The molecule has 0 saturated carbocycles. The van der Waals surface area contributed by atoms with Crippen molar-refractivity contribution in [2.45, 2.75) is 38.8 Å². The Morgan fingerprint density at radius 1 is 1.36 bits per heavy atom. The van der Waals surface area contributed by atoms with Crippen LogP contribution in [0.1, 0.15) is 37.1 Å². The topological polar surface area (TPSA) is 30.3 Å². The Kier molecular flexibility index (Phi) is 4.78. The number of ether oxygens (including phenoxy) is 1. The lowest BCUT2D eigenvalue weighted by Crippen LogP contribution is -2.34. The number of methoxy groups -OCH3 is 1. The maximum atomic E-state index is 5.32. The molecular weight excluding hydrogens is 274 g/mol. The second kappa shape index (κ2) is 6.97. The first-order valence-electron chi connectivity index (χ1n) is 8.16. The molecule has 2 heterocycles. The van der Waals surface area contributed by atoms with Gasteiger partial charge in [0.25, 0.3) is 0 Å². The third-order valence-corrected chi connectivity index (χ3v) is 4.50. The summed E-state index contributed by atoms with van der Waals surface area (Å²) in [5.74, 6) is 2.74. The fraction of sp³-hybridized carbons (Fsp3) is 0.500. The van der Waals surface area contributed by atoms with Gasteiger partial charge in [-0.2, -0.15) is 0 Å². The molecule has 4 nitrogen and oxygen atoms in total. The van der Waals surface area contributed by atoms with E-state index in [1.54, 1.807) is 7.11 Å². The third-order valence-electron chi connectivity index (χ3n) is 4.50. The van der Waals surface area contributed by atoms with Gasteiger partial charge in [0.1, 0.15) is 11.6 Å². The highest BCUT2D eigenvalue weighted by molar-refractivity contribution is 5.28. The van der Waals surface area contributed by atoms with Gasteiger partial charge in [0.15, 0.2) is 0 Å². The maximum Gasteiger partial charge on any atom is 0.119 e. The van der Waals surface area contributed by atoms with Crippen LogP contribution in [0.3, 0.4) is 0 Å². The zero-order valence-corrected chi connectivity index (χ0v) is 13.5. The quantitative estimate of drug-likeness (QED) is 0.848. The van der Waals surface area contributed by atoms with Gasteiger partial charge in [-0.1, -0.05) is 12.1 Å². The lowest BCUT2D eigenvalue weighted by molar-refractivity contribution is 0.194. The van der Waals surface area contributed by atoms with Crippen molar-refractivity contribution >= 4 is 0 Å². The van der Waals surface area contributed by atoms with E-state index in [1.807, 2.05) is 12.3 Å². The molecule has 1 saturated heterocycles. The van der Waals surface area contributed by atoms with Crippen molar-refractivity contribution in [2.24, 2.45) is 0 Å². The first-order valence-corrected chi connectivity index (χ1v) is 8.16. The number of rotatable bonds is 5. The van der Waals surface area contributed by atoms with Gasteiger partial charge in [-0.3, -0.25) is 4.90 Å². The Balaban J connectivity index is 1.68. The van der Waals surface area contributed by atoms with Crippen LogP contribution < -0.4 is 4.74 Å². The highest BCUT2D eigenvalue weighted by Crippen LogP contribution is 2.27. The largest absolute Gasteiger partial charge is 0.497 e. The van der Waals surface area contributed by atoms with Crippen molar-refractivity contribution < 1.29 is 4.74 Å². The standard InChI is InChI=1S/C18H25N3O/c1-3-21-11-9-19-18(21)16-7-5-10-20(14-16)13-15-6-4-8-17(12-15)22-2/h4,6,8-9,11-12,16H,3,5,7,10,13-14H2,1-2H3. The van der Waals surface area contributed by atoms with E-state index in [4.69, 9.17) is 4.74 Å². The minimum Gasteiger partial charge on any atom is -0.497 e. The minimum atomic E-state index is 0.550. The molecule has 1 aromatic heterocycles. The Bertz CT molecular complexity index is 608. The molecule has 0 spiro atoms. The lowest BCUT2D eigenvalue weighted by Gasteiger charge is -2.32. The molecule has 1 aliphatic heterocycles. The monoisotopic (exact) mass is 299 g/mol. The van der Waals surface area contributed by atoms with Crippen LogP contribution in [0.5, 0.6) is 5.75 Å². The molecule has 3 rings (SSSR count). The van der Waals surface area contributed by atoms with Crippen LogP contribution in [0.25, 0.3) is 0 Å². The molecule has 0 bridgehead atoms. The molecule has 118 valence electrons. The maximum absolute atomic E-state index is 5.32. The van der Waals surface area contributed by atoms with Gasteiger partial charge in [-0.05, 0) is 44.0 Å². The highest BCUT2D eigenvalue weighted by atomic mass is 16.5. The summed E-state index contributed by atoms with van der Waals surface area (Å²) in [7, 11) is 1.72. The van der Waals surface area contributed by atoms with Crippen molar-refractivity contribution in [3.05, 3.63) is 48.0 Å². The van der Waals surface area contributed by atoms with Crippen molar-refractivity contribution in [3.8, 4) is 5.75 Å². The van der Waals surface area contributed by atoms with Crippen LogP contribution in [0.4, 0.5) is 0 Å². The van der Waals surface area contributed by atoms with E-state index in [9.17, 15) is 0 Å². The molecule has 0 aliphatic carbocycles. The summed E-state index contributed by atoms with van der Waals surface area (Å²) in [6, 6.07) is 8.38.